The molecule has 0 atom stereocenters. The van der Waals surface area contributed by atoms with Crippen molar-refractivity contribution < 1.29 is 4.79 Å². The Balaban J connectivity index is 1.95. The number of nitrogens with one attached hydrogen (secondary N) is 1. The first-order valence-electron chi connectivity index (χ1n) is 8.75. The van der Waals surface area contributed by atoms with Crippen LogP contribution in [0, 0.1) is 6.92 Å². The van der Waals surface area contributed by atoms with Gasteiger partial charge in [-0.1, -0.05) is 56.6 Å². The third-order valence-corrected chi connectivity index (χ3v) is 4.51. The molecule has 1 N–H and O–H groups in total. The van der Waals surface area contributed by atoms with Gasteiger partial charge in [0.1, 0.15) is 5.82 Å². The Morgan fingerprint density at radius 1 is 1.07 bits per heavy atom. The number of nitrogens with zero attached hydrogens (tertiary/aromatic N) is 2. The van der Waals surface area contributed by atoms with Crippen molar-refractivity contribution in [2.24, 2.45) is 0 Å². The van der Waals surface area contributed by atoms with Crippen molar-refractivity contribution >= 4 is 23.2 Å². The van der Waals surface area contributed by atoms with Crippen molar-refractivity contribution in [2.45, 2.75) is 33.1 Å². The van der Waals surface area contributed by atoms with Gasteiger partial charge < -0.3 is 5.32 Å². The van der Waals surface area contributed by atoms with E-state index in [1.165, 1.54) is 0 Å². The number of aromatic nitrogens is 2. The third-order valence-electron chi connectivity index (χ3n) is 4.26. The molecule has 0 aliphatic heterocycles. The Labute approximate surface area is 164 Å². The third kappa shape index (κ3) is 4.52. The van der Waals surface area contributed by atoms with Gasteiger partial charge in [0.2, 0.25) is 0 Å². The Kier molecular flexibility index (Phi) is 5.29. The van der Waals surface area contributed by atoms with E-state index in [-0.39, 0.29) is 11.3 Å². The highest BCUT2D eigenvalue weighted by molar-refractivity contribution is 6.30. The molecule has 138 valence electrons. The molecule has 0 saturated heterocycles. The van der Waals surface area contributed by atoms with Crippen molar-refractivity contribution in [1.29, 1.82) is 0 Å². The molecule has 3 aromatic rings. The number of rotatable bonds is 3. The molecule has 0 aliphatic carbocycles. The SMILES string of the molecule is Cc1ncc(C(=O)Nc2cccc(C(C)(C)C)c2)c(-c2ccc(Cl)cc2)n1. The first-order chi connectivity index (χ1) is 12.7. The molecule has 4 nitrogen and oxygen atoms in total. The second-order valence-electron chi connectivity index (χ2n) is 7.47. The number of carbonyl (C=O) groups is 1. The molecule has 1 heterocycles. The van der Waals surface area contributed by atoms with Crippen molar-refractivity contribution in [3.63, 3.8) is 0 Å². The predicted molar refractivity (Wildman–Crippen MR) is 110 cm³/mol. The van der Waals surface area contributed by atoms with Crippen molar-refractivity contribution in [2.75, 3.05) is 5.32 Å². The second kappa shape index (κ2) is 7.49. The number of amides is 1. The summed E-state index contributed by atoms with van der Waals surface area (Å²) in [4.78, 5) is 21.6. The van der Waals surface area contributed by atoms with E-state index in [9.17, 15) is 4.79 Å². The predicted octanol–water partition coefficient (Wildman–Crippen LogP) is 5.66. The molecular weight excluding hydrogens is 358 g/mol. The van der Waals surface area contributed by atoms with E-state index in [2.05, 4.69) is 42.1 Å². The number of halogens is 1. The number of benzene rings is 2. The zero-order valence-corrected chi connectivity index (χ0v) is 16.6. The van der Waals surface area contributed by atoms with Gasteiger partial charge in [0.25, 0.3) is 5.91 Å². The van der Waals surface area contributed by atoms with E-state index >= 15 is 0 Å². The molecule has 0 spiro atoms. The molecule has 1 amide bonds. The van der Waals surface area contributed by atoms with Crippen LogP contribution in [0.5, 0.6) is 0 Å². The number of hydrogen-bond acceptors (Lipinski definition) is 3. The van der Waals surface area contributed by atoms with Crippen molar-refractivity contribution in [3.8, 4) is 11.3 Å². The van der Waals surface area contributed by atoms with Crippen LogP contribution in [0.2, 0.25) is 5.02 Å². The van der Waals surface area contributed by atoms with E-state index in [0.717, 1.165) is 16.8 Å². The quantitative estimate of drug-likeness (QED) is 0.639. The normalized spacial score (nSPS) is 11.3. The lowest BCUT2D eigenvalue weighted by molar-refractivity contribution is 0.102. The summed E-state index contributed by atoms with van der Waals surface area (Å²) >= 11 is 5.98. The van der Waals surface area contributed by atoms with Crippen LogP contribution in [0.25, 0.3) is 11.3 Å². The van der Waals surface area contributed by atoms with Crippen LogP contribution < -0.4 is 5.32 Å². The van der Waals surface area contributed by atoms with Gasteiger partial charge in [0, 0.05) is 22.5 Å². The number of hydrogen-bond donors (Lipinski definition) is 1. The number of aryl methyl sites for hydroxylation is 1. The van der Waals surface area contributed by atoms with Gasteiger partial charge >= 0.3 is 0 Å². The first-order valence-corrected chi connectivity index (χ1v) is 9.13. The molecular formula is C22H22ClN3O. The molecule has 27 heavy (non-hydrogen) atoms. The van der Waals surface area contributed by atoms with Gasteiger partial charge in [-0.3, -0.25) is 4.79 Å². The Morgan fingerprint density at radius 2 is 1.78 bits per heavy atom. The molecule has 1 aromatic heterocycles. The lowest BCUT2D eigenvalue weighted by Gasteiger charge is -2.20. The van der Waals surface area contributed by atoms with Crippen LogP contribution in [0.1, 0.15) is 42.5 Å². The summed E-state index contributed by atoms with van der Waals surface area (Å²) in [6.45, 7) is 8.22. The second-order valence-corrected chi connectivity index (χ2v) is 7.91. The van der Waals surface area contributed by atoms with Gasteiger partial charge in [-0.25, -0.2) is 9.97 Å². The maximum Gasteiger partial charge on any atom is 0.259 e. The topological polar surface area (TPSA) is 54.9 Å². The molecule has 5 heteroatoms. The van der Waals surface area contributed by atoms with E-state index in [0.29, 0.717) is 22.1 Å². The lowest BCUT2D eigenvalue weighted by Crippen LogP contribution is -2.16. The molecule has 0 radical (unpaired) electrons. The first kappa shape index (κ1) is 19.1. The van der Waals surface area contributed by atoms with Gasteiger partial charge in [-0.05, 0) is 42.2 Å². The zero-order valence-electron chi connectivity index (χ0n) is 15.9. The van der Waals surface area contributed by atoms with E-state index < -0.39 is 0 Å². The highest BCUT2D eigenvalue weighted by atomic mass is 35.5. The van der Waals surface area contributed by atoms with E-state index in [1.807, 2.05) is 30.3 Å². The Hall–Kier alpha value is -2.72. The largest absolute Gasteiger partial charge is 0.322 e. The average molecular weight is 380 g/mol. The van der Waals surface area contributed by atoms with E-state index in [4.69, 9.17) is 11.6 Å². The minimum absolute atomic E-state index is 0.00216. The molecule has 0 saturated carbocycles. The highest BCUT2D eigenvalue weighted by Gasteiger charge is 2.18. The van der Waals surface area contributed by atoms with Crippen LogP contribution in [0.15, 0.2) is 54.7 Å². The molecule has 0 unspecified atom stereocenters. The highest BCUT2D eigenvalue weighted by Crippen LogP contribution is 2.26. The monoisotopic (exact) mass is 379 g/mol. The fourth-order valence-corrected chi connectivity index (χ4v) is 2.85. The van der Waals surface area contributed by atoms with Gasteiger partial charge in [0.15, 0.2) is 0 Å². The van der Waals surface area contributed by atoms with Gasteiger partial charge in [-0.15, -0.1) is 0 Å². The molecule has 3 rings (SSSR count). The minimum atomic E-state index is -0.244. The number of anilines is 1. The Morgan fingerprint density at radius 3 is 2.44 bits per heavy atom. The molecule has 2 aromatic carbocycles. The lowest BCUT2D eigenvalue weighted by atomic mass is 9.87. The van der Waals surface area contributed by atoms with Crippen molar-refractivity contribution in [3.05, 3.63) is 76.7 Å². The van der Waals surface area contributed by atoms with E-state index in [1.54, 1.807) is 25.3 Å². The smallest absolute Gasteiger partial charge is 0.259 e. The zero-order chi connectivity index (χ0) is 19.6. The summed E-state index contributed by atoms with van der Waals surface area (Å²) in [5.74, 6) is 0.359. The summed E-state index contributed by atoms with van der Waals surface area (Å²) < 4.78 is 0. The average Bonchev–Trinajstić information content (AvgIpc) is 2.61. The Bertz CT molecular complexity index is 976. The maximum absolute atomic E-state index is 12.9. The fraction of sp³-hybridized carbons (Fsp3) is 0.227. The maximum atomic E-state index is 12.9. The summed E-state index contributed by atoms with van der Waals surface area (Å²) in [5, 5.41) is 3.60. The molecule has 0 fully saturated rings. The standard InChI is InChI=1S/C22H22ClN3O/c1-14-24-13-19(20(25-14)15-8-10-17(23)11-9-15)21(27)26-18-7-5-6-16(12-18)22(2,3)4/h5-13H,1-4H3,(H,26,27). The van der Waals surface area contributed by atoms with Crippen LogP contribution in [-0.4, -0.2) is 15.9 Å². The van der Waals surface area contributed by atoms with Gasteiger partial charge in [0.05, 0.1) is 11.3 Å². The summed E-state index contributed by atoms with van der Waals surface area (Å²) in [6, 6.07) is 15.1. The minimum Gasteiger partial charge on any atom is -0.322 e. The van der Waals surface area contributed by atoms with Crippen LogP contribution >= 0.6 is 11.6 Å². The number of carbonyl (C=O) groups excluding carboxylic acids is 1. The van der Waals surface area contributed by atoms with Crippen LogP contribution in [0.3, 0.4) is 0 Å². The fourth-order valence-electron chi connectivity index (χ4n) is 2.73. The molecule has 0 bridgehead atoms. The van der Waals surface area contributed by atoms with Crippen molar-refractivity contribution in [1.82, 2.24) is 9.97 Å². The van der Waals surface area contributed by atoms with Crippen LogP contribution in [0.4, 0.5) is 5.69 Å². The van der Waals surface area contributed by atoms with Gasteiger partial charge in [-0.2, -0.15) is 0 Å². The molecule has 0 aliphatic rings. The summed E-state index contributed by atoms with van der Waals surface area (Å²) in [6.07, 6.45) is 1.56. The summed E-state index contributed by atoms with van der Waals surface area (Å²) in [7, 11) is 0. The van der Waals surface area contributed by atoms with Crippen LogP contribution in [-0.2, 0) is 5.41 Å². The summed E-state index contributed by atoms with van der Waals surface area (Å²) in [5.41, 5.74) is 3.72.